The van der Waals surface area contributed by atoms with Crippen molar-refractivity contribution in [1.82, 2.24) is 30.0 Å². The molecule has 19 heteroatoms. The third-order valence-electron chi connectivity index (χ3n) is 13.2. The number of amides is 3. The first-order chi connectivity index (χ1) is 30.8. The minimum Gasteiger partial charge on any atom is -0.494 e. The molecule has 3 saturated heterocycles. The number of sulfonamides is 1. The number of para-hydroxylation sites is 1. The van der Waals surface area contributed by atoms with Crippen molar-refractivity contribution < 1.29 is 27.5 Å². The number of aromatic nitrogens is 2. The fourth-order valence-corrected chi connectivity index (χ4v) is 10.8. The highest BCUT2D eigenvalue weighted by Crippen LogP contribution is 2.40. The SMILES string of the molecule is COc1cc(N2CCC(N3CCN(CCN(C)c4ccc5c(c4)CN(C4CCC(=O)NC4=O)C5=O)CC3)CC2)ccc1Nc1ncc(Cl)c(Nc2cccc3c2N(S(C)(=O)=O)CC3)n1. The maximum Gasteiger partial charge on any atom is 0.255 e. The fraction of sp³-hybridized carbons (Fsp3) is 0.444. The number of hydrogen-bond donors (Lipinski definition) is 3. The van der Waals surface area contributed by atoms with Gasteiger partial charge in [0.1, 0.15) is 16.8 Å². The first-order valence-electron chi connectivity index (χ1n) is 21.9. The zero-order valence-corrected chi connectivity index (χ0v) is 37.9. The Balaban J connectivity index is 0.743. The van der Waals surface area contributed by atoms with E-state index in [1.54, 1.807) is 12.0 Å². The molecule has 3 N–H and O–H groups in total. The monoisotopic (exact) mass is 911 g/mol. The quantitative estimate of drug-likeness (QED) is 0.161. The summed E-state index contributed by atoms with van der Waals surface area (Å²) in [7, 11) is 0.262. The first kappa shape index (κ1) is 43.6. The number of piperazine rings is 1. The summed E-state index contributed by atoms with van der Waals surface area (Å²) in [6.07, 6.45) is 6.09. The number of benzene rings is 3. The number of methoxy groups -OCH3 is 1. The molecule has 0 spiro atoms. The maximum absolute atomic E-state index is 13.1. The number of carbonyl (C=O) groups excluding carboxylic acids is 3. The minimum absolute atomic E-state index is 0.152. The lowest BCUT2D eigenvalue weighted by Crippen LogP contribution is -2.54. The number of halogens is 1. The Morgan fingerprint density at radius 2 is 1.70 bits per heavy atom. The molecule has 9 rings (SSSR count). The van der Waals surface area contributed by atoms with Crippen LogP contribution in [0.4, 0.5) is 40.2 Å². The summed E-state index contributed by atoms with van der Waals surface area (Å²) < 4.78 is 32.3. The summed E-state index contributed by atoms with van der Waals surface area (Å²) in [5, 5.41) is 9.19. The number of ether oxygens (including phenoxy) is 1. The molecule has 6 heterocycles. The van der Waals surface area contributed by atoms with Gasteiger partial charge >= 0.3 is 0 Å². The van der Waals surface area contributed by atoms with Gasteiger partial charge in [-0.3, -0.25) is 33.8 Å². The number of likely N-dealkylation sites (N-methyl/N-ethyl adjacent to an activating group) is 1. The van der Waals surface area contributed by atoms with Gasteiger partial charge < -0.3 is 30.1 Å². The summed E-state index contributed by atoms with van der Waals surface area (Å²) in [5.41, 5.74) is 6.51. The molecule has 4 aromatic rings. The zero-order chi connectivity index (χ0) is 44.7. The van der Waals surface area contributed by atoms with Crippen LogP contribution in [-0.2, 0) is 32.6 Å². The smallest absolute Gasteiger partial charge is 0.255 e. The first-order valence-corrected chi connectivity index (χ1v) is 24.1. The summed E-state index contributed by atoms with van der Waals surface area (Å²) in [4.78, 5) is 57.7. The second-order valence-corrected chi connectivity index (χ2v) is 19.5. The minimum atomic E-state index is -3.46. The highest BCUT2D eigenvalue weighted by Gasteiger charge is 2.39. The molecule has 3 aromatic carbocycles. The Labute approximate surface area is 378 Å². The van der Waals surface area contributed by atoms with Crippen molar-refractivity contribution in [2.24, 2.45) is 0 Å². The number of anilines is 7. The van der Waals surface area contributed by atoms with Crippen LogP contribution in [0.15, 0.2) is 60.8 Å². The summed E-state index contributed by atoms with van der Waals surface area (Å²) >= 11 is 6.54. The van der Waals surface area contributed by atoms with Gasteiger partial charge in [-0.2, -0.15) is 4.98 Å². The Morgan fingerprint density at radius 1 is 0.906 bits per heavy atom. The average molecular weight is 913 g/mol. The summed E-state index contributed by atoms with van der Waals surface area (Å²) in [6, 6.07) is 17.6. The Hall–Kier alpha value is -5.69. The van der Waals surface area contributed by atoms with Crippen LogP contribution in [0.25, 0.3) is 0 Å². The molecule has 5 aliphatic rings. The largest absolute Gasteiger partial charge is 0.494 e. The van der Waals surface area contributed by atoms with Crippen LogP contribution in [0.3, 0.4) is 0 Å². The van der Waals surface area contributed by atoms with Crippen molar-refractivity contribution >= 4 is 79.5 Å². The van der Waals surface area contributed by atoms with Gasteiger partial charge in [-0.15, -0.1) is 0 Å². The number of fused-ring (bicyclic) bond motifs is 2. The highest BCUT2D eigenvalue weighted by molar-refractivity contribution is 7.92. The van der Waals surface area contributed by atoms with Gasteiger partial charge in [0.25, 0.3) is 5.91 Å². The Morgan fingerprint density at radius 3 is 2.45 bits per heavy atom. The molecule has 0 radical (unpaired) electrons. The molecule has 0 saturated carbocycles. The van der Waals surface area contributed by atoms with Crippen LogP contribution in [0.2, 0.25) is 5.02 Å². The third-order valence-corrected chi connectivity index (χ3v) is 14.7. The van der Waals surface area contributed by atoms with E-state index in [1.165, 1.54) is 16.8 Å². The van der Waals surface area contributed by atoms with E-state index < -0.39 is 22.0 Å². The van der Waals surface area contributed by atoms with E-state index in [4.69, 9.17) is 16.3 Å². The van der Waals surface area contributed by atoms with Gasteiger partial charge in [-0.25, -0.2) is 13.4 Å². The number of nitrogens with one attached hydrogen (secondary N) is 3. The Kier molecular flexibility index (Phi) is 12.3. The Bertz CT molecular complexity index is 2570. The zero-order valence-electron chi connectivity index (χ0n) is 36.3. The molecule has 3 amide bonds. The number of nitrogens with zero attached hydrogens (tertiary/aromatic N) is 8. The topological polar surface area (TPSA) is 176 Å². The molecule has 5 aliphatic heterocycles. The lowest BCUT2D eigenvalue weighted by molar-refractivity contribution is -0.136. The molecule has 0 bridgehead atoms. The van der Waals surface area contributed by atoms with Crippen molar-refractivity contribution in [2.45, 2.75) is 50.7 Å². The molecule has 1 atom stereocenters. The van der Waals surface area contributed by atoms with E-state index in [2.05, 4.69) is 64.7 Å². The van der Waals surface area contributed by atoms with Crippen LogP contribution in [0, 0.1) is 0 Å². The van der Waals surface area contributed by atoms with Gasteiger partial charge in [-0.1, -0.05) is 23.7 Å². The van der Waals surface area contributed by atoms with Crippen molar-refractivity contribution in [3.8, 4) is 5.75 Å². The van der Waals surface area contributed by atoms with Gasteiger partial charge in [0.2, 0.25) is 27.8 Å². The van der Waals surface area contributed by atoms with Crippen LogP contribution in [0.5, 0.6) is 5.75 Å². The summed E-state index contributed by atoms with van der Waals surface area (Å²) in [5.74, 6) is 0.471. The predicted molar refractivity (Wildman–Crippen MR) is 248 cm³/mol. The van der Waals surface area contributed by atoms with E-state index in [0.29, 0.717) is 77.1 Å². The lowest BCUT2D eigenvalue weighted by Gasteiger charge is -2.43. The van der Waals surface area contributed by atoms with Crippen molar-refractivity contribution in [1.29, 1.82) is 0 Å². The van der Waals surface area contributed by atoms with E-state index in [1.807, 2.05) is 42.5 Å². The van der Waals surface area contributed by atoms with Crippen LogP contribution in [0.1, 0.15) is 47.2 Å². The number of imide groups is 1. The standard InChI is InChI=1S/C45H54ClN11O6S/c1-52(32-7-9-34-30(25-32)28-56(44(34)60)38-11-12-40(58)50-43(38)59)19-20-53-21-23-55(24-22-53)31-14-16-54(17-15-31)33-8-10-36(39(26-33)63-2)49-45-47-27-35(46)42(51-45)48-37-6-4-5-29-13-18-57(41(29)37)64(3,61)62/h4-10,25-27,31,38H,11-24,28H2,1-3H3,(H,50,58,59)(H2,47,48,49,51). The molecule has 3 fully saturated rings. The number of carbonyl (C=O) groups is 3. The molecule has 1 unspecified atom stereocenters. The molecule has 17 nitrogen and oxygen atoms in total. The lowest BCUT2D eigenvalue weighted by atomic mass is 10.0. The third kappa shape index (κ3) is 9.01. The second-order valence-electron chi connectivity index (χ2n) is 17.2. The number of hydrogen-bond acceptors (Lipinski definition) is 14. The molecular formula is C45H54ClN11O6S. The summed E-state index contributed by atoms with van der Waals surface area (Å²) in [6.45, 7) is 8.55. The normalized spacial score (nSPS) is 19.7. The van der Waals surface area contributed by atoms with E-state index in [-0.39, 0.29) is 18.2 Å². The predicted octanol–water partition coefficient (Wildman–Crippen LogP) is 4.43. The fourth-order valence-electron chi connectivity index (χ4n) is 9.66. The second kappa shape index (κ2) is 18.1. The van der Waals surface area contributed by atoms with Gasteiger partial charge in [0, 0.05) is 108 Å². The number of rotatable bonds is 13. The van der Waals surface area contributed by atoms with Crippen molar-refractivity contribution in [2.75, 3.05) is 104 Å². The van der Waals surface area contributed by atoms with E-state index in [9.17, 15) is 22.8 Å². The van der Waals surface area contributed by atoms with Crippen molar-refractivity contribution in [3.05, 3.63) is 82.5 Å². The molecule has 0 aliphatic carbocycles. The average Bonchev–Trinajstić information content (AvgIpc) is 3.89. The van der Waals surface area contributed by atoms with Crippen LogP contribution in [-0.4, -0.2) is 142 Å². The van der Waals surface area contributed by atoms with E-state index >= 15 is 0 Å². The van der Waals surface area contributed by atoms with Crippen LogP contribution < -0.4 is 34.8 Å². The molecule has 338 valence electrons. The van der Waals surface area contributed by atoms with Gasteiger partial charge in [0.15, 0.2) is 5.82 Å². The molecular weight excluding hydrogens is 858 g/mol. The van der Waals surface area contributed by atoms with E-state index in [0.717, 1.165) is 87.7 Å². The number of piperidine rings is 2. The highest BCUT2D eigenvalue weighted by atomic mass is 35.5. The van der Waals surface area contributed by atoms with Gasteiger partial charge in [-0.05, 0) is 73.2 Å². The molecule has 1 aromatic heterocycles. The van der Waals surface area contributed by atoms with Crippen molar-refractivity contribution in [3.63, 3.8) is 0 Å². The van der Waals surface area contributed by atoms with Crippen LogP contribution >= 0.6 is 11.6 Å². The molecule has 64 heavy (non-hydrogen) atoms. The maximum atomic E-state index is 13.1. The van der Waals surface area contributed by atoms with Gasteiger partial charge in [0.05, 0.1) is 36.6 Å².